The number of rotatable bonds is 4. The molecule has 7 heteroatoms. The molecule has 110 valence electrons. The van der Waals surface area contributed by atoms with E-state index in [1.807, 2.05) is 0 Å². The van der Waals surface area contributed by atoms with Crippen molar-refractivity contribution < 1.29 is 14.3 Å². The largest absolute Gasteiger partial charge is 0.462 e. The summed E-state index contributed by atoms with van der Waals surface area (Å²) in [7, 11) is 0. The van der Waals surface area contributed by atoms with Crippen LogP contribution in [0.4, 0.5) is 5.69 Å². The second-order valence-corrected chi connectivity index (χ2v) is 5.09. The van der Waals surface area contributed by atoms with Gasteiger partial charge in [-0.15, -0.1) is 24.2 Å². The predicted octanol–water partition coefficient (Wildman–Crippen LogP) is 1.89. The fourth-order valence-electron chi connectivity index (χ4n) is 1.70. The van der Waals surface area contributed by atoms with Crippen molar-refractivity contribution in [3.05, 3.63) is 29.8 Å². The van der Waals surface area contributed by atoms with E-state index in [4.69, 9.17) is 4.74 Å². The van der Waals surface area contributed by atoms with Crippen molar-refractivity contribution in [2.75, 3.05) is 23.6 Å². The summed E-state index contributed by atoms with van der Waals surface area (Å²) in [4.78, 5) is 23.3. The van der Waals surface area contributed by atoms with Crippen LogP contribution in [0.25, 0.3) is 0 Å². The Bertz CT molecular complexity index is 461. The van der Waals surface area contributed by atoms with Gasteiger partial charge in [0.2, 0.25) is 5.91 Å². The number of hydrogen-bond acceptors (Lipinski definition) is 5. The van der Waals surface area contributed by atoms with Crippen LogP contribution in [0.2, 0.25) is 0 Å². The first-order chi connectivity index (χ1) is 9.20. The highest BCUT2D eigenvalue weighted by Gasteiger charge is 2.22. The maximum absolute atomic E-state index is 11.9. The summed E-state index contributed by atoms with van der Waals surface area (Å²) in [5, 5.41) is 5.91. The van der Waals surface area contributed by atoms with Gasteiger partial charge in [0, 0.05) is 17.3 Å². The average molecular weight is 317 g/mol. The molecule has 0 radical (unpaired) electrons. The third kappa shape index (κ3) is 4.40. The Morgan fingerprint density at radius 1 is 1.40 bits per heavy atom. The molecule has 0 saturated carbocycles. The average Bonchev–Trinajstić information content (AvgIpc) is 2.94. The molecule has 2 N–H and O–H groups in total. The molecule has 1 heterocycles. The zero-order valence-electron chi connectivity index (χ0n) is 11.0. The number of benzene rings is 1. The Labute approximate surface area is 128 Å². The molecule has 1 aliphatic rings. The second kappa shape index (κ2) is 8.14. The summed E-state index contributed by atoms with van der Waals surface area (Å²) in [6.45, 7) is 2.11. The standard InChI is InChI=1S/C13H16N2O3S.ClH/c1-2-18-13(17)9-3-5-10(6-4-9)15-12(16)11-7-19-8-14-11;/h3-6,11,14H,2,7-8H2,1H3,(H,15,16);1H. The van der Waals surface area contributed by atoms with Gasteiger partial charge >= 0.3 is 5.97 Å². The van der Waals surface area contributed by atoms with Gasteiger partial charge in [0.05, 0.1) is 18.2 Å². The van der Waals surface area contributed by atoms with Crippen molar-refractivity contribution in [1.82, 2.24) is 5.32 Å². The molecule has 1 saturated heterocycles. The highest BCUT2D eigenvalue weighted by Crippen LogP contribution is 2.14. The summed E-state index contributed by atoms with van der Waals surface area (Å²) in [5.41, 5.74) is 1.16. The Kier molecular flexibility index (Phi) is 6.84. The van der Waals surface area contributed by atoms with Gasteiger partial charge in [-0.25, -0.2) is 4.79 Å². The number of esters is 1. The molecule has 1 unspecified atom stereocenters. The number of halogens is 1. The zero-order chi connectivity index (χ0) is 13.7. The highest BCUT2D eigenvalue weighted by atomic mass is 35.5. The topological polar surface area (TPSA) is 67.4 Å². The summed E-state index contributed by atoms with van der Waals surface area (Å²) < 4.78 is 4.89. The van der Waals surface area contributed by atoms with E-state index in [0.29, 0.717) is 17.9 Å². The first kappa shape index (κ1) is 16.8. The smallest absolute Gasteiger partial charge is 0.338 e. The molecule has 1 aliphatic heterocycles. The van der Waals surface area contributed by atoms with Crippen LogP contribution in [-0.4, -0.2) is 36.2 Å². The maximum Gasteiger partial charge on any atom is 0.338 e. The van der Waals surface area contributed by atoms with Crippen molar-refractivity contribution in [1.29, 1.82) is 0 Å². The Morgan fingerprint density at radius 2 is 2.10 bits per heavy atom. The molecule has 20 heavy (non-hydrogen) atoms. The van der Waals surface area contributed by atoms with Crippen LogP contribution in [0.3, 0.4) is 0 Å². The summed E-state index contributed by atoms with van der Waals surface area (Å²) in [5.74, 6) is 1.19. The number of ether oxygens (including phenoxy) is 1. The lowest BCUT2D eigenvalue weighted by atomic mass is 10.2. The zero-order valence-corrected chi connectivity index (χ0v) is 12.7. The molecule has 0 aromatic heterocycles. The van der Waals surface area contributed by atoms with Gasteiger partial charge < -0.3 is 10.1 Å². The molecule has 1 amide bonds. The molecule has 1 atom stereocenters. The predicted molar refractivity (Wildman–Crippen MR) is 82.5 cm³/mol. The molecule has 1 fully saturated rings. The highest BCUT2D eigenvalue weighted by molar-refractivity contribution is 7.99. The summed E-state index contributed by atoms with van der Waals surface area (Å²) in [6, 6.07) is 6.54. The number of anilines is 1. The lowest BCUT2D eigenvalue weighted by molar-refractivity contribution is -0.117. The molecular weight excluding hydrogens is 300 g/mol. The lowest BCUT2D eigenvalue weighted by Crippen LogP contribution is -2.37. The van der Waals surface area contributed by atoms with Crippen molar-refractivity contribution >= 4 is 41.7 Å². The van der Waals surface area contributed by atoms with E-state index < -0.39 is 0 Å². The Hall–Kier alpha value is -1.24. The fourth-order valence-corrected chi connectivity index (χ4v) is 2.64. The number of carbonyl (C=O) groups is 2. The van der Waals surface area contributed by atoms with Crippen molar-refractivity contribution in [3.8, 4) is 0 Å². The second-order valence-electron chi connectivity index (χ2n) is 4.06. The fraction of sp³-hybridized carbons (Fsp3) is 0.385. The molecule has 0 aliphatic carbocycles. The van der Waals surface area contributed by atoms with E-state index in [-0.39, 0.29) is 30.3 Å². The minimum atomic E-state index is -0.353. The van der Waals surface area contributed by atoms with E-state index >= 15 is 0 Å². The molecule has 1 aromatic rings. The summed E-state index contributed by atoms with van der Waals surface area (Å²) in [6.07, 6.45) is 0. The number of nitrogens with one attached hydrogen (secondary N) is 2. The van der Waals surface area contributed by atoms with Crippen molar-refractivity contribution in [2.45, 2.75) is 13.0 Å². The van der Waals surface area contributed by atoms with E-state index in [9.17, 15) is 9.59 Å². The minimum absolute atomic E-state index is 0. The normalized spacial score (nSPS) is 17.1. The first-order valence-electron chi connectivity index (χ1n) is 6.10. The molecule has 5 nitrogen and oxygen atoms in total. The third-order valence-electron chi connectivity index (χ3n) is 2.70. The van der Waals surface area contributed by atoms with Gasteiger partial charge in [-0.3, -0.25) is 10.1 Å². The van der Waals surface area contributed by atoms with Crippen LogP contribution in [-0.2, 0) is 9.53 Å². The minimum Gasteiger partial charge on any atom is -0.462 e. The molecule has 0 bridgehead atoms. The Balaban J connectivity index is 0.00000200. The molecule has 0 spiro atoms. The summed E-state index contributed by atoms with van der Waals surface area (Å²) >= 11 is 1.70. The van der Waals surface area contributed by atoms with Gasteiger partial charge in [0.1, 0.15) is 0 Å². The van der Waals surface area contributed by atoms with Crippen LogP contribution in [0.15, 0.2) is 24.3 Å². The molecular formula is C13H17ClN2O3S. The van der Waals surface area contributed by atoms with Crippen LogP contribution in [0.5, 0.6) is 0 Å². The number of hydrogen-bond donors (Lipinski definition) is 2. The number of amides is 1. The van der Waals surface area contributed by atoms with E-state index in [1.54, 1.807) is 43.0 Å². The van der Waals surface area contributed by atoms with Gasteiger partial charge in [-0.05, 0) is 31.2 Å². The van der Waals surface area contributed by atoms with Crippen LogP contribution >= 0.6 is 24.2 Å². The molecule has 2 rings (SSSR count). The van der Waals surface area contributed by atoms with Crippen LogP contribution < -0.4 is 10.6 Å². The number of carbonyl (C=O) groups excluding carboxylic acids is 2. The lowest BCUT2D eigenvalue weighted by Gasteiger charge is -2.10. The maximum atomic E-state index is 11.9. The van der Waals surface area contributed by atoms with Crippen molar-refractivity contribution in [2.24, 2.45) is 0 Å². The third-order valence-corrected chi connectivity index (χ3v) is 3.64. The monoisotopic (exact) mass is 316 g/mol. The number of thioether (sulfide) groups is 1. The van der Waals surface area contributed by atoms with Gasteiger partial charge in [0.25, 0.3) is 0 Å². The van der Waals surface area contributed by atoms with E-state index in [2.05, 4.69) is 10.6 Å². The molecule has 1 aromatic carbocycles. The van der Waals surface area contributed by atoms with Crippen LogP contribution in [0.1, 0.15) is 17.3 Å². The van der Waals surface area contributed by atoms with Crippen LogP contribution in [0, 0.1) is 0 Å². The quantitative estimate of drug-likeness (QED) is 0.830. The van der Waals surface area contributed by atoms with Gasteiger partial charge in [-0.1, -0.05) is 0 Å². The van der Waals surface area contributed by atoms with Gasteiger partial charge in [0.15, 0.2) is 0 Å². The van der Waals surface area contributed by atoms with E-state index in [0.717, 1.165) is 11.6 Å². The SMILES string of the molecule is CCOC(=O)c1ccc(NC(=O)C2CSCN2)cc1.Cl. The van der Waals surface area contributed by atoms with E-state index in [1.165, 1.54) is 0 Å². The Morgan fingerprint density at radius 3 is 2.65 bits per heavy atom. The first-order valence-corrected chi connectivity index (χ1v) is 7.25. The van der Waals surface area contributed by atoms with Gasteiger partial charge in [-0.2, -0.15) is 0 Å². The van der Waals surface area contributed by atoms with Crippen molar-refractivity contribution in [3.63, 3.8) is 0 Å².